The van der Waals surface area contributed by atoms with E-state index in [0.29, 0.717) is 12.4 Å². The first-order chi connectivity index (χ1) is 11.5. The smallest absolute Gasteiger partial charge is 0.341 e. The predicted molar refractivity (Wildman–Crippen MR) is 87.4 cm³/mol. The molecule has 1 unspecified atom stereocenters. The third kappa shape index (κ3) is 4.32. The number of hydrogen-bond acceptors (Lipinski definition) is 5. The summed E-state index contributed by atoms with van der Waals surface area (Å²) in [4.78, 5) is 27.0. The Hall–Kier alpha value is -2.89. The van der Waals surface area contributed by atoms with Gasteiger partial charge in [-0.25, -0.2) is 9.78 Å². The summed E-state index contributed by atoms with van der Waals surface area (Å²) in [5.41, 5.74) is 0.779. The van der Waals surface area contributed by atoms with E-state index in [4.69, 9.17) is 14.6 Å². The molecule has 6 nitrogen and oxygen atoms in total. The minimum atomic E-state index is -1.11. The second-order valence-corrected chi connectivity index (χ2v) is 5.22. The maximum Gasteiger partial charge on any atom is 0.341 e. The lowest BCUT2D eigenvalue weighted by atomic mass is 10.0. The summed E-state index contributed by atoms with van der Waals surface area (Å²) in [5.74, 6) is -1.30. The highest BCUT2D eigenvalue weighted by molar-refractivity contribution is 5.90. The van der Waals surface area contributed by atoms with Crippen molar-refractivity contribution in [2.75, 3.05) is 6.61 Å². The Balaban J connectivity index is 2.10. The van der Waals surface area contributed by atoms with Crippen LogP contribution in [0.4, 0.5) is 0 Å². The molecule has 1 aromatic heterocycles. The standard InChI is InChI=1S/C18H19NO5/c1-3-11-23-18(22)12(2)13-6-8-14(9-7-13)24-16-15(17(20)21)5-4-10-19-16/h4-10,12H,3,11H2,1-2H3,(H,20,21). The minimum absolute atomic E-state index is 0.0157. The molecule has 0 saturated carbocycles. The van der Waals surface area contributed by atoms with Crippen molar-refractivity contribution in [2.45, 2.75) is 26.2 Å². The number of carbonyl (C=O) groups is 2. The van der Waals surface area contributed by atoms with Crippen molar-refractivity contribution in [1.29, 1.82) is 0 Å². The average molecular weight is 329 g/mol. The largest absolute Gasteiger partial charge is 0.477 e. The molecule has 1 aromatic carbocycles. The van der Waals surface area contributed by atoms with Gasteiger partial charge in [0.05, 0.1) is 12.5 Å². The molecule has 0 spiro atoms. The number of pyridine rings is 1. The normalized spacial score (nSPS) is 11.6. The number of aromatic nitrogens is 1. The highest BCUT2D eigenvalue weighted by atomic mass is 16.5. The zero-order chi connectivity index (χ0) is 17.5. The lowest BCUT2D eigenvalue weighted by molar-refractivity contribution is -0.145. The number of ether oxygens (including phenoxy) is 2. The van der Waals surface area contributed by atoms with Crippen LogP contribution in [0.25, 0.3) is 0 Å². The van der Waals surface area contributed by atoms with Gasteiger partial charge in [0.15, 0.2) is 0 Å². The monoisotopic (exact) mass is 329 g/mol. The van der Waals surface area contributed by atoms with Gasteiger partial charge in [-0.3, -0.25) is 4.79 Å². The molecule has 0 saturated heterocycles. The molecule has 0 amide bonds. The summed E-state index contributed by atoms with van der Waals surface area (Å²) >= 11 is 0. The maximum absolute atomic E-state index is 11.9. The number of carbonyl (C=O) groups excluding carboxylic acids is 1. The fourth-order valence-corrected chi connectivity index (χ4v) is 2.03. The van der Waals surface area contributed by atoms with Gasteiger partial charge in [0.1, 0.15) is 11.3 Å². The molecule has 1 N–H and O–H groups in total. The lowest BCUT2D eigenvalue weighted by Gasteiger charge is -2.12. The van der Waals surface area contributed by atoms with Crippen LogP contribution in [0.2, 0.25) is 0 Å². The first-order valence-corrected chi connectivity index (χ1v) is 7.65. The van der Waals surface area contributed by atoms with Gasteiger partial charge in [0, 0.05) is 6.20 Å². The first kappa shape index (κ1) is 17.5. The quantitative estimate of drug-likeness (QED) is 0.781. The van der Waals surface area contributed by atoms with E-state index in [0.717, 1.165) is 12.0 Å². The molecule has 2 rings (SSSR count). The molecule has 6 heteroatoms. The van der Waals surface area contributed by atoms with Gasteiger partial charge < -0.3 is 14.6 Å². The van der Waals surface area contributed by atoms with E-state index in [1.807, 2.05) is 6.92 Å². The third-order valence-corrected chi connectivity index (χ3v) is 3.40. The maximum atomic E-state index is 11.9. The molecule has 0 aliphatic carbocycles. The van der Waals surface area contributed by atoms with Gasteiger partial charge in [-0.1, -0.05) is 19.1 Å². The number of benzene rings is 1. The van der Waals surface area contributed by atoms with Crippen molar-refractivity contribution in [1.82, 2.24) is 4.98 Å². The van der Waals surface area contributed by atoms with Crippen LogP contribution in [0.15, 0.2) is 42.6 Å². The van der Waals surface area contributed by atoms with E-state index in [-0.39, 0.29) is 23.3 Å². The Bertz CT molecular complexity index is 712. The van der Waals surface area contributed by atoms with Gasteiger partial charge in [0.25, 0.3) is 0 Å². The molecule has 1 heterocycles. The van der Waals surface area contributed by atoms with Gasteiger partial charge >= 0.3 is 11.9 Å². The topological polar surface area (TPSA) is 85.7 Å². The van der Waals surface area contributed by atoms with Crippen molar-refractivity contribution in [3.63, 3.8) is 0 Å². The molecule has 0 radical (unpaired) electrons. The SMILES string of the molecule is CCCOC(=O)C(C)c1ccc(Oc2ncccc2C(=O)O)cc1. The van der Waals surface area contributed by atoms with E-state index >= 15 is 0 Å². The molecule has 24 heavy (non-hydrogen) atoms. The summed E-state index contributed by atoms with van der Waals surface area (Å²) in [5, 5.41) is 9.12. The number of rotatable bonds is 7. The van der Waals surface area contributed by atoms with Gasteiger partial charge in [0.2, 0.25) is 5.88 Å². The van der Waals surface area contributed by atoms with Crippen molar-refractivity contribution < 1.29 is 24.2 Å². The Labute approximate surface area is 140 Å². The number of hydrogen-bond donors (Lipinski definition) is 1. The summed E-state index contributed by atoms with van der Waals surface area (Å²) in [7, 11) is 0. The van der Waals surface area contributed by atoms with Crippen LogP contribution < -0.4 is 4.74 Å². The molecule has 0 aliphatic rings. The molecule has 0 fully saturated rings. The van der Waals surface area contributed by atoms with E-state index in [1.165, 1.54) is 18.3 Å². The van der Waals surface area contributed by atoms with Gasteiger partial charge in [-0.05, 0) is 43.2 Å². The summed E-state index contributed by atoms with van der Waals surface area (Å²) in [6.07, 6.45) is 2.24. The zero-order valence-corrected chi connectivity index (χ0v) is 13.6. The molecule has 126 valence electrons. The van der Waals surface area contributed by atoms with Crippen molar-refractivity contribution >= 4 is 11.9 Å². The summed E-state index contributed by atoms with van der Waals surface area (Å²) < 4.78 is 10.7. The summed E-state index contributed by atoms with van der Waals surface area (Å²) in [6.45, 7) is 4.12. The Morgan fingerprint density at radius 2 is 1.92 bits per heavy atom. The van der Waals surface area contributed by atoms with Crippen molar-refractivity contribution in [2.24, 2.45) is 0 Å². The van der Waals surface area contributed by atoms with E-state index in [9.17, 15) is 9.59 Å². The fraction of sp³-hybridized carbons (Fsp3) is 0.278. The summed E-state index contributed by atoms with van der Waals surface area (Å²) in [6, 6.07) is 9.78. The number of aromatic carboxylic acids is 1. The van der Waals surface area contributed by atoms with E-state index < -0.39 is 5.97 Å². The van der Waals surface area contributed by atoms with Crippen LogP contribution >= 0.6 is 0 Å². The molecule has 2 aromatic rings. The second-order valence-electron chi connectivity index (χ2n) is 5.22. The molecular weight excluding hydrogens is 310 g/mol. The number of carboxylic acids is 1. The molecule has 0 aliphatic heterocycles. The molecular formula is C18H19NO5. The molecule has 0 bridgehead atoms. The van der Waals surface area contributed by atoms with Crippen LogP contribution in [-0.2, 0) is 9.53 Å². The zero-order valence-electron chi connectivity index (χ0n) is 13.6. The Morgan fingerprint density at radius 3 is 2.54 bits per heavy atom. The van der Waals surface area contributed by atoms with Gasteiger partial charge in [-0.2, -0.15) is 0 Å². The van der Waals surface area contributed by atoms with Gasteiger partial charge in [-0.15, -0.1) is 0 Å². The Kier molecular flexibility index (Phi) is 5.89. The van der Waals surface area contributed by atoms with E-state index in [2.05, 4.69) is 4.98 Å². The Morgan fingerprint density at radius 1 is 1.21 bits per heavy atom. The van der Waals surface area contributed by atoms with Crippen LogP contribution in [0, 0.1) is 0 Å². The lowest BCUT2D eigenvalue weighted by Crippen LogP contribution is -2.13. The predicted octanol–water partition coefficient (Wildman–Crippen LogP) is 3.63. The van der Waals surface area contributed by atoms with Crippen molar-refractivity contribution in [3.8, 4) is 11.6 Å². The highest BCUT2D eigenvalue weighted by Gasteiger charge is 2.17. The van der Waals surface area contributed by atoms with Crippen LogP contribution in [0.3, 0.4) is 0 Å². The van der Waals surface area contributed by atoms with E-state index in [1.54, 1.807) is 31.2 Å². The second kappa shape index (κ2) is 8.10. The average Bonchev–Trinajstić information content (AvgIpc) is 2.60. The van der Waals surface area contributed by atoms with Crippen molar-refractivity contribution in [3.05, 3.63) is 53.7 Å². The fourth-order valence-electron chi connectivity index (χ4n) is 2.03. The first-order valence-electron chi connectivity index (χ1n) is 7.65. The number of nitrogens with zero attached hydrogens (tertiary/aromatic N) is 1. The van der Waals surface area contributed by atoms with Crippen LogP contribution in [0.1, 0.15) is 42.1 Å². The van der Waals surface area contributed by atoms with Crippen LogP contribution in [0.5, 0.6) is 11.6 Å². The number of carboxylic acid groups (broad SMARTS) is 1. The number of esters is 1. The minimum Gasteiger partial charge on any atom is -0.477 e. The highest BCUT2D eigenvalue weighted by Crippen LogP contribution is 2.25. The molecule has 1 atom stereocenters. The third-order valence-electron chi connectivity index (χ3n) is 3.40. The van der Waals surface area contributed by atoms with Crippen LogP contribution in [-0.4, -0.2) is 28.6 Å².